The van der Waals surface area contributed by atoms with Gasteiger partial charge in [0, 0.05) is 19.6 Å². The molecule has 5 heteroatoms. The van der Waals surface area contributed by atoms with Crippen LogP contribution in [0.4, 0.5) is 4.79 Å². The number of nitrogens with one attached hydrogen (secondary N) is 1. The summed E-state index contributed by atoms with van der Waals surface area (Å²) in [5.41, 5.74) is 1.52. The molecule has 3 amide bonds. The number of fused-ring (bicyclic) bond motifs is 1. The summed E-state index contributed by atoms with van der Waals surface area (Å²) in [6, 6.07) is 10.5. The van der Waals surface area contributed by atoms with Crippen molar-refractivity contribution in [1.82, 2.24) is 15.1 Å². The van der Waals surface area contributed by atoms with Crippen molar-refractivity contribution in [2.24, 2.45) is 5.92 Å². The summed E-state index contributed by atoms with van der Waals surface area (Å²) in [5.74, 6) is 0.603. The Bertz CT molecular complexity index is 602. The average molecular weight is 313 g/mol. The van der Waals surface area contributed by atoms with Crippen LogP contribution in [-0.4, -0.2) is 47.9 Å². The Hall–Kier alpha value is -1.88. The van der Waals surface area contributed by atoms with Gasteiger partial charge in [-0.15, -0.1) is 0 Å². The first-order valence-electron chi connectivity index (χ1n) is 8.60. The van der Waals surface area contributed by atoms with Crippen LogP contribution in [0.3, 0.4) is 0 Å². The van der Waals surface area contributed by atoms with E-state index in [1.807, 2.05) is 0 Å². The van der Waals surface area contributed by atoms with Gasteiger partial charge < -0.3 is 5.32 Å². The monoisotopic (exact) mass is 313 g/mol. The van der Waals surface area contributed by atoms with Gasteiger partial charge in [0.05, 0.1) is 12.1 Å². The number of nitrogens with zero attached hydrogens (tertiary/aromatic N) is 2. The van der Waals surface area contributed by atoms with E-state index in [1.54, 1.807) is 0 Å². The van der Waals surface area contributed by atoms with Crippen LogP contribution in [0.25, 0.3) is 0 Å². The molecule has 0 bridgehead atoms. The van der Waals surface area contributed by atoms with E-state index in [0.29, 0.717) is 12.5 Å². The SMILES string of the molecule is O=C1CNC(=O)N1CCN1C[C@@H]2CCCC[C@@]21c1ccccc1. The number of carbonyl (C=O) groups is 2. The number of hydrogen-bond acceptors (Lipinski definition) is 3. The smallest absolute Gasteiger partial charge is 0.324 e. The second-order valence-electron chi connectivity index (χ2n) is 6.88. The van der Waals surface area contributed by atoms with E-state index in [1.165, 1.54) is 36.1 Å². The number of urea groups is 1. The van der Waals surface area contributed by atoms with Crippen molar-refractivity contribution in [1.29, 1.82) is 0 Å². The summed E-state index contributed by atoms with van der Waals surface area (Å²) < 4.78 is 0. The van der Waals surface area contributed by atoms with E-state index in [4.69, 9.17) is 0 Å². The zero-order chi connectivity index (χ0) is 15.9. The third kappa shape index (κ3) is 2.26. The average Bonchev–Trinajstić information content (AvgIpc) is 2.88. The molecule has 0 aromatic heterocycles. The predicted molar refractivity (Wildman–Crippen MR) is 86.8 cm³/mol. The third-order valence-electron chi connectivity index (χ3n) is 5.85. The van der Waals surface area contributed by atoms with E-state index in [0.717, 1.165) is 13.1 Å². The molecule has 1 saturated carbocycles. The molecular weight excluding hydrogens is 290 g/mol. The Labute approximate surface area is 136 Å². The molecule has 2 atom stereocenters. The van der Waals surface area contributed by atoms with E-state index in [-0.39, 0.29) is 24.0 Å². The highest BCUT2D eigenvalue weighted by Crippen LogP contribution is 2.53. The zero-order valence-corrected chi connectivity index (χ0v) is 13.3. The number of rotatable bonds is 4. The maximum absolute atomic E-state index is 11.8. The van der Waals surface area contributed by atoms with Gasteiger partial charge in [0.2, 0.25) is 5.91 Å². The molecule has 2 saturated heterocycles. The second kappa shape index (κ2) is 5.64. The molecule has 2 heterocycles. The topological polar surface area (TPSA) is 52.7 Å². The maximum atomic E-state index is 11.8. The van der Waals surface area contributed by atoms with E-state index in [2.05, 4.69) is 40.5 Å². The minimum Gasteiger partial charge on any atom is -0.329 e. The molecule has 3 aliphatic rings. The lowest BCUT2D eigenvalue weighted by Crippen LogP contribution is -2.66. The second-order valence-corrected chi connectivity index (χ2v) is 6.88. The van der Waals surface area contributed by atoms with Crippen molar-refractivity contribution in [2.75, 3.05) is 26.2 Å². The summed E-state index contributed by atoms with van der Waals surface area (Å²) in [6.45, 7) is 2.49. The van der Waals surface area contributed by atoms with Crippen molar-refractivity contribution >= 4 is 11.9 Å². The van der Waals surface area contributed by atoms with Crippen LogP contribution in [0.2, 0.25) is 0 Å². The largest absolute Gasteiger partial charge is 0.329 e. The molecule has 5 nitrogen and oxygen atoms in total. The normalized spacial score (nSPS) is 30.8. The molecule has 1 aromatic rings. The summed E-state index contributed by atoms with van der Waals surface area (Å²) in [6.07, 6.45) is 5.04. The molecule has 1 N–H and O–H groups in total. The Morgan fingerprint density at radius 3 is 2.65 bits per heavy atom. The molecule has 0 radical (unpaired) electrons. The van der Waals surface area contributed by atoms with Crippen molar-refractivity contribution in [3.63, 3.8) is 0 Å². The lowest BCUT2D eigenvalue weighted by Gasteiger charge is -2.62. The maximum Gasteiger partial charge on any atom is 0.324 e. The molecule has 3 fully saturated rings. The standard InChI is InChI=1S/C18H23N3O2/c22-16-12-19-17(23)21(16)11-10-20-13-15-8-4-5-9-18(15,20)14-6-2-1-3-7-14/h1-3,6-7,15H,4-5,8-13H2,(H,19,23)/t15-,18+/m0/s1. The van der Waals surface area contributed by atoms with Gasteiger partial charge in [-0.2, -0.15) is 0 Å². The van der Waals surface area contributed by atoms with Crippen molar-refractivity contribution in [3.8, 4) is 0 Å². The van der Waals surface area contributed by atoms with E-state index < -0.39 is 0 Å². The van der Waals surface area contributed by atoms with Gasteiger partial charge >= 0.3 is 6.03 Å². The van der Waals surface area contributed by atoms with Crippen LogP contribution >= 0.6 is 0 Å². The molecule has 0 unspecified atom stereocenters. The molecule has 1 aliphatic carbocycles. The minimum absolute atomic E-state index is 0.107. The van der Waals surface area contributed by atoms with Crippen molar-refractivity contribution in [2.45, 2.75) is 31.2 Å². The van der Waals surface area contributed by atoms with Crippen LogP contribution in [0.15, 0.2) is 30.3 Å². The minimum atomic E-state index is -0.246. The third-order valence-corrected chi connectivity index (χ3v) is 5.85. The zero-order valence-electron chi connectivity index (χ0n) is 13.3. The molecule has 23 heavy (non-hydrogen) atoms. The van der Waals surface area contributed by atoms with Crippen LogP contribution < -0.4 is 5.32 Å². The van der Waals surface area contributed by atoms with Gasteiger partial charge in [0.1, 0.15) is 0 Å². The van der Waals surface area contributed by atoms with Gasteiger partial charge in [-0.25, -0.2) is 4.79 Å². The number of imide groups is 1. The van der Waals surface area contributed by atoms with Gasteiger partial charge in [-0.05, 0) is 24.3 Å². The highest BCUT2D eigenvalue weighted by Gasteiger charge is 2.54. The first-order valence-corrected chi connectivity index (χ1v) is 8.60. The molecule has 122 valence electrons. The number of hydrogen-bond donors (Lipinski definition) is 1. The molecule has 1 aromatic carbocycles. The van der Waals surface area contributed by atoms with Gasteiger partial charge in [0.15, 0.2) is 0 Å². The van der Waals surface area contributed by atoms with Gasteiger partial charge in [-0.3, -0.25) is 14.6 Å². The number of carbonyl (C=O) groups excluding carboxylic acids is 2. The quantitative estimate of drug-likeness (QED) is 0.864. The Kier molecular flexibility index (Phi) is 3.60. The predicted octanol–water partition coefficient (Wildman–Crippen LogP) is 1.94. The van der Waals surface area contributed by atoms with Crippen molar-refractivity contribution in [3.05, 3.63) is 35.9 Å². The van der Waals surface area contributed by atoms with Gasteiger partial charge in [-0.1, -0.05) is 43.2 Å². The fraction of sp³-hybridized carbons (Fsp3) is 0.556. The summed E-state index contributed by atoms with van der Waals surface area (Å²) >= 11 is 0. The number of likely N-dealkylation sites (tertiary alicyclic amines) is 1. The fourth-order valence-corrected chi connectivity index (χ4v) is 4.69. The fourth-order valence-electron chi connectivity index (χ4n) is 4.69. The highest BCUT2D eigenvalue weighted by molar-refractivity contribution is 6.01. The van der Waals surface area contributed by atoms with Crippen LogP contribution in [0.1, 0.15) is 31.2 Å². The summed E-state index contributed by atoms with van der Waals surface area (Å²) in [7, 11) is 0. The Balaban J connectivity index is 1.52. The van der Waals surface area contributed by atoms with E-state index in [9.17, 15) is 9.59 Å². The first-order chi connectivity index (χ1) is 11.2. The summed E-state index contributed by atoms with van der Waals surface area (Å²) in [4.78, 5) is 27.3. The Morgan fingerprint density at radius 2 is 1.96 bits per heavy atom. The number of amides is 3. The van der Waals surface area contributed by atoms with E-state index >= 15 is 0 Å². The van der Waals surface area contributed by atoms with Crippen molar-refractivity contribution < 1.29 is 9.59 Å². The summed E-state index contributed by atoms with van der Waals surface area (Å²) in [5, 5.41) is 2.60. The Morgan fingerprint density at radius 1 is 1.13 bits per heavy atom. The first kappa shape index (κ1) is 14.7. The molecule has 4 rings (SSSR count). The molecule has 0 spiro atoms. The van der Waals surface area contributed by atoms with Crippen LogP contribution in [-0.2, 0) is 10.3 Å². The van der Waals surface area contributed by atoms with Crippen LogP contribution in [0, 0.1) is 5.92 Å². The molecular formula is C18H23N3O2. The number of benzene rings is 1. The highest BCUT2D eigenvalue weighted by atomic mass is 16.2. The lowest BCUT2D eigenvalue weighted by atomic mass is 9.62. The van der Waals surface area contributed by atoms with Crippen LogP contribution in [0.5, 0.6) is 0 Å². The lowest BCUT2D eigenvalue weighted by molar-refractivity contribution is -0.130. The molecule has 2 aliphatic heterocycles. The van der Waals surface area contributed by atoms with Gasteiger partial charge in [0.25, 0.3) is 0 Å².